The summed E-state index contributed by atoms with van der Waals surface area (Å²) in [7, 11) is 0. The van der Waals surface area contributed by atoms with Gasteiger partial charge in [-0.15, -0.1) is 0 Å². The van der Waals surface area contributed by atoms with Crippen LogP contribution in [0.5, 0.6) is 0 Å². The van der Waals surface area contributed by atoms with Gasteiger partial charge >= 0.3 is 0 Å². The van der Waals surface area contributed by atoms with E-state index >= 15 is 0 Å². The number of rotatable bonds is 8. The molecule has 1 aromatic carbocycles. The summed E-state index contributed by atoms with van der Waals surface area (Å²) in [5.74, 6) is 6.11. The Morgan fingerprint density at radius 3 is 2.75 bits per heavy atom. The minimum atomic E-state index is -0.706. The number of hydrogen-bond donors (Lipinski definition) is 1. The van der Waals surface area contributed by atoms with Crippen LogP contribution in [-0.2, 0) is 9.47 Å². The molecule has 0 fully saturated rings. The van der Waals surface area contributed by atoms with Gasteiger partial charge in [-0.25, -0.2) is 9.67 Å². The van der Waals surface area contributed by atoms with E-state index in [2.05, 4.69) is 21.9 Å². The molecule has 1 unspecified atom stereocenters. The van der Waals surface area contributed by atoms with Crippen LogP contribution in [0.1, 0.15) is 38.8 Å². The summed E-state index contributed by atoms with van der Waals surface area (Å²) < 4.78 is 12.2. The van der Waals surface area contributed by atoms with Gasteiger partial charge in [0.1, 0.15) is 25.4 Å². The normalized spacial score (nSPS) is 13.1. The minimum absolute atomic E-state index is 0.339. The molecule has 0 saturated carbocycles. The standard InChI is InChI=1S/C22H29N3O3/c1-5-27-12-13-28-11-7-10-18-8-6-9-19(14-18)15-20(21(26)22(2,3)4)25-17-23-16-24-25/h6,8-9,14-17,21,26H,5,11-13H2,1-4H3/b20-15+. The van der Waals surface area contributed by atoms with E-state index in [1.807, 2.05) is 58.0 Å². The van der Waals surface area contributed by atoms with Crippen LogP contribution in [-0.4, -0.2) is 52.4 Å². The number of nitrogens with zero attached hydrogens (tertiary/aromatic N) is 3. The molecule has 0 saturated heterocycles. The van der Waals surface area contributed by atoms with E-state index in [-0.39, 0.29) is 5.41 Å². The Morgan fingerprint density at radius 1 is 1.29 bits per heavy atom. The van der Waals surface area contributed by atoms with Gasteiger partial charge in [-0.05, 0) is 36.1 Å². The fourth-order valence-electron chi connectivity index (χ4n) is 2.46. The van der Waals surface area contributed by atoms with Crippen molar-refractivity contribution in [2.75, 3.05) is 26.4 Å². The van der Waals surface area contributed by atoms with Crippen LogP contribution in [0.4, 0.5) is 0 Å². The molecular formula is C22H29N3O3. The Hall–Kier alpha value is -2.46. The summed E-state index contributed by atoms with van der Waals surface area (Å²) in [6.45, 7) is 10.1. The molecule has 0 aliphatic heterocycles. The second-order valence-electron chi connectivity index (χ2n) is 7.35. The van der Waals surface area contributed by atoms with E-state index in [1.54, 1.807) is 11.0 Å². The lowest BCUT2D eigenvalue weighted by Crippen LogP contribution is -2.29. The molecule has 0 aliphatic rings. The van der Waals surface area contributed by atoms with Crippen LogP contribution >= 0.6 is 0 Å². The summed E-state index contributed by atoms with van der Waals surface area (Å²) >= 11 is 0. The van der Waals surface area contributed by atoms with Gasteiger partial charge in [-0.3, -0.25) is 0 Å². The monoisotopic (exact) mass is 383 g/mol. The molecule has 28 heavy (non-hydrogen) atoms. The molecule has 1 heterocycles. The third-order valence-corrected chi connectivity index (χ3v) is 3.97. The van der Waals surface area contributed by atoms with E-state index in [0.717, 1.165) is 11.1 Å². The highest BCUT2D eigenvalue weighted by molar-refractivity contribution is 5.73. The Labute approximate surface area is 167 Å². The predicted octanol–water partition coefficient (Wildman–Crippen LogP) is 3.09. The highest BCUT2D eigenvalue weighted by Gasteiger charge is 2.27. The molecule has 6 heteroatoms. The first kappa shape index (κ1) is 21.8. The molecule has 6 nitrogen and oxygen atoms in total. The maximum Gasteiger partial charge on any atom is 0.138 e. The van der Waals surface area contributed by atoms with Crippen molar-refractivity contribution in [2.24, 2.45) is 5.41 Å². The van der Waals surface area contributed by atoms with Gasteiger partial charge in [0.25, 0.3) is 0 Å². The van der Waals surface area contributed by atoms with E-state index in [1.165, 1.54) is 6.33 Å². The predicted molar refractivity (Wildman–Crippen MR) is 110 cm³/mol. The average molecular weight is 383 g/mol. The summed E-state index contributed by atoms with van der Waals surface area (Å²) in [6, 6.07) is 7.82. The first-order valence-corrected chi connectivity index (χ1v) is 9.41. The van der Waals surface area contributed by atoms with Crippen molar-refractivity contribution in [3.8, 4) is 11.8 Å². The SMILES string of the molecule is CCOCCOCC#Cc1cccc(/C=C(\C(O)C(C)(C)C)n2cncn2)c1. The summed E-state index contributed by atoms with van der Waals surface area (Å²) in [4.78, 5) is 4.00. The van der Waals surface area contributed by atoms with E-state index in [9.17, 15) is 5.11 Å². The van der Waals surface area contributed by atoms with E-state index in [0.29, 0.717) is 32.1 Å². The van der Waals surface area contributed by atoms with Crippen molar-refractivity contribution in [2.45, 2.75) is 33.8 Å². The second kappa shape index (κ2) is 10.8. The number of ether oxygens (including phenoxy) is 2. The quantitative estimate of drug-likeness (QED) is 0.560. The summed E-state index contributed by atoms with van der Waals surface area (Å²) in [5.41, 5.74) is 2.13. The molecule has 0 spiro atoms. The Bertz CT molecular complexity index is 812. The smallest absolute Gasteiger partial charge is 0.138 e. The second-order valence-corrected chi connectivity index (χ2v) is 7.35. The van der Waals surface area contributed by atoms with Gasteiger partial charge in [0, 0.05) is 12.2 Å². The van der Waals surface area contributed by atoms with Gasteiger partial charge in [0.2, 0.25) is 0 Å². The van der Waals surface area contributed by atoms with Crippen molar-refractivity contribution >= 4 is 11.8 Å². The van der Waals surface area contributed by atoms with Crippen LogP contribution < -0.4 is 0 Å². The van der Waals surface area contributed by atoms with Crippen LogP contribution in [0.15, 0.2) is 36.9 Å². The first-order valence-electron chi connectivity index (χ1n) is 9.41. The summed E-state index contributed by atoms with van der Waals surface area (Å²) in [6.07, 6.45) is 4.25. The lowest BCUT2D eigenvalue weighted by atomic mass is 9.86. The zero-order valence-corrected chi connectivity index (χ0v) is 17.1. The van der Waals surface area contributed by atoms with Crippen LogP contribution in [0.3, 0.4) is 0 Å². The van der Waals surface area contributed by atoms with Crippen molar-refractivity contribution in [3.63, 3.8) is 0 Å². The Balaban J connectivity index is 2.14. The molecule has 2 rings (SSSR count). The minimum Gasteiger partial charge on any atom is -0.386 e. The van der Waals surface area contributed by atoms with Gasteiger partial charge in [-0.1, -0.05) is 44.7 Å². The fourth-order valence-corrected chi connectivity index (χ4v) is 2.46. The molecule has 0 amide bonds. The third-order valence-electron chi connectivity index (χ3n) is 3.97. The highest BCUT2D eigenvalue weighted by atomic mass is 16.5. The molecule has 1 atom stereocenters. The van der Waals surface area contributed by atoms with Crippen molar-refractivity contribution in [1.29, 1.82) is 0 Å². The van der Waals surface area contributed by atoms with Gasteiger partial charge < -0.3 is 14.6 Å². The van der Waals surface area contributed by atoms with Gasteiger partial charge in [0.05, 0.1) is 18.9 Å². The molecule has 0 bridgehead atoms. The number of aliphatic hydroxyl groups excluding tert-OH is 1. The number of aromatic nitrogens is 3. The van der Waals surface area contributed by atoms with E-state index in [4.69, 9.17) is 9.47 Å². The third kappa shape index (κ3) is 6.93. The van der Waals surface area contributed by atoms with Crippen LogP contribution in [0.25, 0.3) is 11.8 Å². The zero-order valence-electron chi connectivity index (χ0n) is 17.1. The maximum atomic E-state index is 10.8. The number of aliphatic hydroxyl groups is 1. The molecule has 1 aromatic heterocycles. The van der Waals surface area contributed by atoms with Gasteiger partial charge in [0.15, 0.2) is 0 Å². The largest absolute Gasteiger partial charge is 0.386 e. The maximum absolute atomic E-state index is 10.8. The zero-order chi connectivity index (χ0) is 20.4. The van der Waals surface area contributed by atoms with Crippen LogP contribution in [0.2, 0.25) is 0 Å². The van der Waals surface area contributed by atoms with E-state index < -0.39 is 6.10 Å². The van der Waals surface area contributed by atoms with Crippen molar-refractivity contribution in [3.05, 3.63) is 48.0 Å². The van der Waals surface area contributed by atoms with Crippen molar-refractivity contribution in [1.82, 2.24) is 14.8 Å². The topological polar surface area (TPSA) is 69.4 Å². The first-order chi connectivity index (χ1) is 13.4. The van der Waals surface area contributed by atoms with Crippen LogP contribution in [0, 0.1) is 17.3 Å². The molecule has 1 N–H and O–H groups in total. The lowest BCUT2D eigenvalue weighted by Gasteiger charge is -2.28. The lowest BCUT2D eigenvalue weighted by molar-refractivity contribution is 0.0662. The van der Waals surface area contributed by atoms with Gasteiger partial charge in [-0.2, -0.15) is 5.10 Å². The number of hydrogen-bond acceptors (Lipinski definition) is 5. The molecular weight excluding hydrogens is 354 g/mol. The average Bonchev–Trinajstić information content (AvgIpc) is 3.19. The molecule has 0 aliphatic carbocycles. The Kier molecular flexibility index (Phi) is 8.40. The fraction of sp³-hybridized carbons (Fsp3) is 0.455. The Morgan fingerprint density at radius 2 is 2.07 bits per heavy atom. The van der Waals surface area contributed by atoms with Crippen molar-refractivity contribution < 1.29 is 14.6 Å². The summed E-state index contributed by atoms with van der Waals surface area (Å²) in [5, 5.41) is 15.0. The molecule has 2 aromatic rings. The number of benzene rings is 1. The molecule has 0 radical (unpaired) electrons. The molecule has 150 valence electrons. The highest BCUT2D eigenvalue weighted by Crippen LogP contribution is 2.28.